The number of aromatic nitrogens is 2. The van der Waals surface area contributed by atoms with E-state index < -0.39 is 42.1 Å². The third-order valence-electron chi connectivity index (χ3n) is 12.7. The molecule has 328 valence electrons. The van der Waals surface area contributed by atoms with Gasteiger partial charge in [-0.2, -0.15) is 0 Å². The number of rotatable bonds is 13. The summed E-state index contributed by atoms with van der Waals surface area (Å²) in [5, 5.41) is 13.7. The molecule has 2 fully saturated rings. The van der Waals surface area contributed by atoms with Crippen molar-refractivity contribution in [2.75, 3.05) is 49.6 Å². The number of ether oxygens (including phenoxy) is 2. The Kier molecular flexibility index (Phi) is 13.0. The van der Waals surface area contributed by atoms with Crippen molar-refractivity contribution in [3.63, 3.8) is 0 Å². The second-order valence-electron chi connectivity index (χ2n) is 17.8. The molecule has 8 rings (SSSR count). The molecule has 1 amide bonds. The van der Waals surface area contributed by atoms with Crippen LogP contribution in [0.15, 0.2) is 95.7 Å². The highest BCUT2D eigenvalue weighted by atomic mass is 35.5. The first-order chi connectivity index (χ1) is 30.8. The number of fused-ring (bicyclic) bond motifs is 1. The number of anilines is 2. The van der Waals surface area contributed by atoms with E-state index in [1.807, 2.05) is 30.3 Å². The maximum atomic E-state index is 14.0. The Morgan fingerprint density at radius 2 is 1.72 bits per heavy atom. The molecule has 65 heavy (non-hydrogen) atoms. The number of nitrogens with one attached hydrogen (secondary N) is 3. The lowest BCUT2D eigenvalue weighted by Gasteiger charge is -2.50. The first-order valence-electron chi connectivity index (χ1n) is 21.4. The molecule has 14 nitrogen and oxygen atoms in total. The molecule has 5 aromatic rings. The van der Waals surface area contributed by atoms with Gasteiger partial charge >= 0.3 is 0 Å². The summed E-state index contributed by atoms with van der Waals surface area (Å²) in [6.07, 6.45) is 6.79. The maximum absolute atomic E-state index is 14.0. The third kappa shape index (κ3) is 10.1. The Bertz CT molecular complexity index is 2760. The van der Waals surface area contributed by atoms with Crippen LogP contribution in [0.4, 0.5) is 17.1 Å². The van der Waals surface area contributed by atoms with Gasteiger partial charge in [-0.3, -0.25) is 14.9 Å². The van der Waals surface area contributed by atoms with Gasteiger partial charge in [0, 0.05) is 73.8 Å². The second kappa shape index (κ2) is 18.2. The number of H-pyrrole nitrogens is 1. The molecule has 0 spiro atoms. The van der Waals surface area contributed by atoms with Crippen LogP contribution in [0, 0.1) is 21.4 Å². The molecule has 0 bridgehead atoms. The van der Waals surface area contributed by atoms with Gasteiger partial charge in [0.2, 0.25) is 0 Å². The predicted octanol–water partition coefficient (Wildman–Crippen LogP) is 6.64. The summed E-state index contributed by atoms with van der Waals surface area (Å²) in [7, 11) is 22.2. The molecule has 0 atom stereocenters. The smallest absolute Gasteiger partial charge is 0.293 e. The van der Waals surface area contributed by atoms with Crippen molar-refractivity contribution >= 4 is 92.6 Å². The van der Waals surface area contributed by atoms with E-state index in [1.165, 1.54) is 18.3 Å². The quantitative estimate of drug-likeness (QED) is 0.0657. The Balaban J connectivity index is 1.04. The first kappa shape index (κ1) is 46.3. The summed E-state index contributed by atoms with van der Waals surface area (Å²) >= 11 is 6.25. The molecular weight excluding hydrogens is 861 g/mol. The number of hydrogen-bond acceptors (Lipinski definition) is 11. The van der Waals surface area contributed by atoms with Gasteiger partial charge in [0.05, 0.1) is 53.0 Å². The lowest BCUT2D eigenvalue weighted by Crippen LogP contribution is -2.59. The van der Waals surface area contributed by atoms with E-state index >= 15 is 0 Å². The number of halogens is 1. The molecule has 0 unspecified atom stereocenters. The van der Waals surface area contributed by atoms with Crippen LogP contribution in [-0.2, 0) is 14.8 Å². The van der Waals surface area contributed by atoms with Crippen LogP contribution in [0.25, 0.3) is 16.6 Å². The summed E-state index contributed by atoms with van der Waals surface area (Å²) in [6, 6.07) is 19.4. The minimum absolute atomic E-state index is 0.0461. The van der Waals surface area contributed by atoms with Crippen molar-refractivity contribution in [1.82, 2.24) is 19.6 Å². The molecule has 2 aliphatic heterocycles. The minimum atomic E-state index is -4.68. The zero-order valence-electron chi connectivity index (χ0n) is 36.2. The van der Waals surface area contributed by atoms with Crippen LogP contribution in [0.3, 0.4) is 0 Å². The summed E-state index contributed by atoms with van der Waals surface area (Å²) in [5.41, 5.74) is 3.78. The normalized spacial score (nSPS) is 17.8. The number of nitro groups is 1. The Hall–Kier alpha value is -5.22. The monoisotopic (exact) mass is 907 g/mol. The van der Waals surface area contributed by atoms with Crippen LogP contribution < -0.4 is 19.7 Å². The van der Waals surface area contributed by atoms with E-state index in [9.17, 15) is 23.3 Å². The number of amides is 1. The number of hydrogen-bond donors (Lipinski definition) is 3. The number of pyridine rings is 1. The highest BCUT2D eigenvalue weighted by molar-refractivity contribution is 7.90. The lowest BCUT2D eigenvalue weighted by atomic mass is 9.52. The molecule has 3 N–H and O–H groups in total. The molecular formula is C45H46B4ClN7O7S. The maximum Gasteiger partial charge on any atom is 0.293 e. The van der Waals surface area contributed by atoms with Crippen LogP contribution in [-0.4, -0.2) is 116 Å². The number of aromatic amines is 1. The van der Waals surface area contributed by atoms with Crippen LogP contribution in [0.1, 0.15) is 61.9 Å². The van der Waals surface area contributed by atoms with Gasteiger partial charge in [0.15, 0.2) is 0 Å². The number of sulfonamides is 1. The zero-order valence-corrected chi connectivity index (χ0v) is 37.8. The Morgan fingerprint density at radius 3 is 2.43 bits per heavy atom. The first-order valence-corrected chi connectivity index (χ1v) is 23.3. The Morgan fingerprint density at radius 1 is 1.00 bits per heavy atom. The number of carbonyl (C=O) groups excluding carboxylic acids is 1. The number of nitro benzene ring substituents is 1. The number of benzene rings is 3. The van der Waals surface area contributed by atoms with Crippen molar-refractivity contribution in [2.24, 2.45) is 11.3 Å². The fourth-order valence-corrected chi connectivity index (χ4v) is 10.1. The van der Waals surface area contributed by atoms with Crippen molar-refractivity contribution in [3.05, 3.63) is 117 Å². The third-order valence-corrected chi connectivity index (χ3v) is 14.3. The molecule has 2 saturated heterocycles. The average Bonchev–Trinajstić information content (AvgIpc) is 3.74. The largest absolute Gasteiger partial charge is 0.455 e. The number of piperazine rings is 1. The van der Waals surface area contributed by atoms with E-state index in [4.69, 9.17) is 52.5 Å². The zero-order chi connectivity index (χ0) is 46.3. The summed E-state index contributed by atoms with van der Waals surface area (Å²) in [4.78, 5) is 36.6. The lowest BCUT2D eigenvalue weighted by molar-refractivity contribution is -0.384. The summed E-state index contributed by atoms with van der Waals surface area (Å²) in [6.45, 7) is 7.46. The van der Waals surface area contributed by atoms with Crippen molar-refractivity contribution in [3.8, 4) is 11.5 Å². The van der Waals surface area contributed by atoms with E-state index in [2.05, 4.69) is 43.7 Å². The molecule has 2 aromatic heterocycles. The highest BCUT2D eigenvalue weighted by Crippen LogP contribution is 2.46. The number of nitrogens with zero attached hydrogens (tertiary/aromatic N) is 4. The molecule has 20 heteroatoms. The summed E-state index contributed by atoms with van der Waals surface area (Å²) in [5.74, 6) is -0.960. The topological polar surface area (TPSA) is 172 Å². The van der Waals surface area contributed by atoms with Gasteiger partial charge in [-0.05, 0) is 114 Å². The van der Waals surface area contributed by atoms with Gasteiger partial charge in [-0.1, -0.05) is 43.2 Å². The SMILES string of the molecule is [B]C([B])(Nc1ccc(S(=O)(=O)NC(=O)c2ccc(N3CCN(C([B])([B])C4=C(c5ccc(Cl)cc5)CC(C)(C)CC4)CC3)cc2Oc2cnc3[nH]ccc3c2)cc1[N+](=O)[O-])C1CCOCC1. The number of allylic oxidation sites excluding steroid dienone is 1. The van der Waals surface area contributed by atoms with E-state index in [1.54, 1.807) is 24.4 Å². The van der Waals surface area contributed by atoms with Crippen molar-refractivity contribution in [2.45, 2.75) is 61.5 Å². The van der Waals surface area contributed by atoms with Crippen molar-refractivity contribution in [1.29, 1.82) is 0 Å². The number of carbonyl (C=O) groups is 1. The summed E-state index contributed by atoms with van der Waals surface area (Å²) < 4.78 is 41.3. The Labute approximate surface area is 389 Å². The van der Waals surface area contributed by atoms with Gasteiger partial charge in [-0.15, -0.1) is 0 Å². The van der Waals surface area contributed by atoms with Gasteiger partial charge in [0.1, 0.15) is 22.8 Å². The van der Waals surface area contributed by atoms with Gasteiger partial charge in [-0.25, -0.2) is 18.1 Å². The second-order valence-corrected chi connectivity index (χ2v) is 19.9. The van der Waals surface area contributed by atoms with Gasteiger partial charge < -0.3 is 29.6 Å². The minimum Gasteiger partial charge on any atom is -0.455 e. The molecule has 3 aromatic carbocycles. The van der Waals surface area contributed by atoms with Gasteiger partial charge in [0.25, 0.3) is 21.6 Å². The highest BCUT2D eigenvalue weighted by Gasteiger charge is 2.39. The van der Waals surface area contributed by atoms with Crippen molar-refractivity contribution < 1.29 is 27.6 Å². The van der Waals surface area contributed by atoms with Crippen LogP contribution in [0.2, 0.25) is 5.02 Å². The van der Waals surface area contributed by atoms with E-state index in [0.717, 1.165) is 53.5 Å². The molecule has 0 saturated carbocycles. The van der Waals surface area contributed by atoms with Crippen LogP contribution >= 0.6 is 11.6 Å². The van der Waals surface area contributed by atoms with E-state index in [-0.39, 0.29) is 28.3 Å². The molecule has 3 aliphatic rings. The standard InChI is InChI=1S/C45H46B4ClN7O7S/c1-43(2)15-11-37(36(26-43)28-3-5-31(50)6-4-28)45(48,49)56-19-17-55(18-20-56)32-7-9-35(40(24-32)64-33-23-29-12-16-51-41(29)52-27-33)42(58)54-65(61,62)34-8-10-38(39(25-34)57(59)60)53-44(46,47)30-13-21-63-22-14-30/h3-10,12,16,23-25,27,30,53H,11,13-15,17-22,26H2,1-2H3,(H,51,52)(H,54,58). The molecule has 1 aliphatic carbocycles. The molecule has 8 radical (unpaired) electrons. The van der Waals surface area contributed by atoms with Crippen LogP contribution in [0.5, 0.6) is 11.5 Å². The van der Waals surface area contributed by atoms with E-state index in [0.29, 0.717) is 74.3 Å². The average molecular weight is 908 g/mol. The fourth-order valence-electron chi connectivity index (χ4n) is 8.95. The predicted molar refractivity (Wildman–Crippen MR) is 256 cm³/mol. The molecule has 4 heterocycles. The fraction of sp³-hybridized carbons (Fsp3) is 0.378.